The van der Waals surface area contributed by atoms with Crippen LogP contribution in [-0.2, 0) is 4.79 Å². The largest absolute Gasteiger partial charge is 0.343 e. The van der Waals surface area contributed by atoms with Crippen LogP contribution in [0.5, 0.6) is 0 Å². The van der Waals surface area contributed by atoms with Crippen LogP contribution in [0.4, 0.5) is 0 Å². The lowest BCUT2D eigenvalue weighted by Gasteiger charge is -2.33. The van der Waals surface area contributed by atoms with E-state index in [9.17, 15) is 4.79 Å². The van der Waals surface area contributed by atoms with Gasteiger partial charge in [-0.1, -0.05) is 19.3 Å². The molecule has 1 amide bonds. The summed E-state index contributed by atoms with van der Waals surface area (Å²) in [5.41, 5.74) is 6.09. The molecule has 2 aliphatic carbocycles. The standard InChI is InChI=1S/C14H26N2O/c1-2-16(11-12-6-5-7-12)13(17)10-14(15)8-3-4-9-14/h12H,2-11,15H2,1H3. The molecule has 0 radical (unpaired) electrons. The Morgan fingerprint density at radius 2 is 1.94 bits per heavy atom. The predicted molar refractivity (Wildman–Crippen MR) is 69.6 cm³/mol. The molecular formula is C14H26N2O. The normalized spacial score (nSPS) is 23.4. The van der Waals surface area contributed by atoms with Gasteiger partial charge in [-0.05, 0) is 38.5 Å². The lowest BCUT2D eigenvalue weighted by atomic mass is 9.85. The Kier molecular flexibility index (Phi) is 4.08. The average molecular weight is 238 g/mol. The van der Waals surface area contributed by atoms with Crippen molar-refractivity contribution in [3.63, 3.8) is 0 Å². The number of carbonyl (C=O) groups is 1. The summed E-state index contributed by atoms with van der Waals surface area (Å²) in [4.78, 5) is 14.3. The van der Waals surface area contributed by atoms with E-state index >= 15 is 0 Å². The highest BCUT2D eigenvalue weighted by Gasteiger charge is 2.33. The van der Waals surface area contributed by atoms with Gasteiger partial charge in [0, 0.05) is 25.0 Å². The van der Waals surface area contributed by atoms with E-state index in [-0.39, 0.29) is 11.4 Å². The molecule has 0 aromatic rings. The maximum absolute atomic E-state index is 12.3. The maximum Gasteiger partial charge on any atom is 0.224 e. The van der Waals surface area contributed by atoms with Crippen molar-refractivity contribution in [2.45, 2.75) is 63.8 Å². The number of nitrogens with two attached hydrogens (primary N) is 1. The fourth-order valence-corrected chi connectivity index (χ4v) is 3.06. The molecule has 17 heavy (non-hydrogen) atoms. The maximum atomic E-state index is 12.3. The monoisotopic (exact) mass is 238 g/mol. The molecule has 0 bridgehead atoms. The van der Waals surface area contributed by atoms with Crippen LogP contribution in [-0.4, -0.2) is 29.4 Å². The first-order valence-electron chi connectivity index (χ1n) is 7.19. The summed E-state index contributed by atoms with van der Waals surface area (Å²) in [6, 6.07) is 0. The number of rotatable bonds is 5. The van der Waals surface area contributed by atoms with E-state index in [0.717, 1.165) is 31.8 Å². The minimum absolute atomic E-state index is 0.190. The van der Waals surface area contributed by atoms with Gasteiger partial charge in [-0.25, -0.2) is 0 Å². The van der Waals surface area contributed by atoms with E-state index in [2.05, 4.69) is 6.92 Å². The van der Waals surface area contributed by atoms with Gasteiger partial charge in [-0.3, -0.25) is 4.79 Å². The van der Waals surface area contributed by atoms with Gasteiger partial charge in [0.15, 0.2) is 0 Å². The van der Waals surface area contributed by atoms with Crippen molar-refractivity contribution < 1.29 is 4.79 Å². The van der Waals surface area contributed by atoms with Crippen LogP contribution in [0.25, 0.3) is 0 Å². The Morgan fingerprint density at radius 3 is 2.41 bits per heavy atom. The van der Waals surface area contributed by atoms with Crippen LogP contribution in [0.2, 0.25) is 0 Å². The summed E-state index contributed by atoms with van der Waals surface area (Å²) in [5, 5.41) is 0. The second kappa shape index (κ2) is 5.38. The highest BCUT2D eigenvalue weighted by Crippen LogP contribution is 2.31. The van der Waals surface area contributed by atoms with E-state index in [4.69, 9.17) is 5.73 Å². The summed E-state index contributed by atoms with van der Waals surface area (Å²) in [7, 11) is 0. The van der Waals surface area contributed by atoms with Crippen molar-refractivity contribution in [2.24, 2.45) is 11.7 Å². The van der Waals surface area contributed by atoms with E-state index in [1.54, 1.807) is 0 Å². The van der Waals surface area contributed by atoms with Crippen molar-refractivity contribution in [1.29, 1.82) is 0 Å². The van der Waals surface area contributed by atoms with E-state index < -0.39 is 0 Å². The Bertz CT molecular complexity index is 267. The highest BCUT2D eigenvalue weighted by molar-refractivity contribution is 5.77. The van der Waals surface area contributed by atoms with Crippen molar-refractivity contribution in [3.05, 3.63) is 0 Å². The zero-order valence-corrected chi connectivity index (χ0v) is 11.1. The third-order valence-corrected chi connectivity index (χ3v) is 4.54. The molecule has 98 valence electrons. The summed E-state index contributed by atoms with van der Waals surface area (Å²) >= 11 is 0. The Labute approximate surface area is 105 Å². The number of carbonyl (C=O) groups excluding carboxylic acids is 1. The molecule has 0 heterocycles. The third kappa shape index (κ3) is 3.21. The fraction of sp³-hybridized carbons (Fsp3) is 0.929. The number of nitrogens with zero attached hydrogens (tertiary/aromatic N) is 1. The minimum Gasteiger partial charge on any atom is -0.343 e. The molecule has 2 aliphatic rings. The molecule has 0 atom stereocenters. The third-order valence-electron chi connectivity index (χ3n) is 4.54. The molecule has 2 N–H and O–H groups in total. The molecule has 0 aliphatic heterocycles. The van der Waals surface area contributed by atoms with Gasteiger partial charge in [0.2, 0.25) is 5.91 Å². The first-order valence-corrected chi connectivity index (χ1v) is 7.19. The molecule has 2 saturated carbocycles. The number of hydrogen-bond donors (Lipinski definition) is 1. The molecule has 0 unspecified atom stereocenters. The van der Waals surface area contributed by atoms with Crippen molar-refractivity contribution in [2.75, 3.05) is 13.1 Å². The topological polar surface area (TPSA) is 46.3 Å². The van der Waals surface area contributed by atoms with E-state index in [1.165, 1.54) is 32.1 Å². The Morgan fingerprint density at radius 1 is 1.29 bits per heavy atom. The van der Waals surface area contributed by atoms with Gasteiger partial charge >= 0.3 is 0 Å². The van der Waals surface area contributed by atoms with Crippen molar-refractivity contribution >= 4 is 5.91 Å². The first-order chi connectivity index (χ1) is 8.13. The molecule has 0 spiro atoms. The van der Waals surface area contributed by atoms with Crippen LogP contribution in [0.3, 0.4) is 0 Å². The quantitative estimate of drug-likeness (QED) is 0.799. The lowest BCUT2D eigenvalue weighted by Crippen LogP contribution is -2.45. The van der Waals surface area contributed by atoms with Crippen LogP contribution < -0.4 is 5.73 Å². The first kappa shape index (κ1) is 12.9. The van der Waals surface area contributed by atoms with Crippen molar-refractivity contribution in [1.82, 2.24) is 4.90 Å². The molecule has 0 aromatic carbocycles. The second-order valence-electron chi connectivity index (χ2n) is 5.98. The molecule has 0 aromatic heterocycles. The van der Waals surface area contributed by atoms with Crippen LogP contribution in [0.15, 0.2) is 0 Å². The van der Waals surface area contributed by atoms with Crippen LogP contribution in [0, 0.1) is 5.92 Å². The molecule has 3 heteroatoms. The lowest BCUT2D eigenvalue weighted by molar-refractivity contribution is -0.133. The average Bonchev–Trinajstić information content (AvgIpc) is 2.63. The highest BCUT2D eigenvalue weighted by atomic mass is 16.2. The van der Waals surface area contributed by atoms with Gasteiger partial charge in [-0.15, -0.1) is 0 Å². The van der Waals surface area contributed by atoms with Crippen molar-refractivity contribution in [3.8, 4) is 0 Å². The van der Waals surface area contributed by atoms with Gasteiger partial charge in [0.05, 0.1) is 0 Å². The zero-order valence-electron chi connectivity index (χ0n) is 11.1. The van der Waals surface area contributed by atoms with Crippen LogP contribution >= 0.6 is 0 Å². The molecule has 3 nitrogen and oxygen atoms in total. The minimum atomic E-state index is -0.190. The number of hydrogen-bond acceptors (Lipinski definition) is 2. The summed E-state index contributed by atoms with van der Waals surface area (Å²) < 4.78 is 0. The summed E-state index contributed by atoms with van der Waals surface area (Å²) in [5.74, 6) is 1.04. The zero-order chi connectivity index (χ0) is 12.3. The van der Waals surface area contributed by atoms with Gasteiger partial charge in [0.1, 0.15) is 0 Å². The fourth-order valence-electron chi connectivity index (χ4n) is 3.06. The SMILES string of the molecule is CCN(CC1CCC1)C(=O)CC1(N)CCCC1. The van der Waals surface area contributed by atoms with Crippen LogP contribution in [0.1, 0.15) is 58.3 Å². The smallest absolute Gasteiger partial charge is 0.224 e. The van der Waals surface area contributed by atoms with Gasteiger partial charge in [0.25, 0.3) is 0 Å². The van der Waals surface area contributed by atoms with Gasteiger partial charge in [-0.2, -0.15) is 0 Å². The Hall–Kier alpha value is -0.570. The Balaban J connectivity index is 1.83. The summed E-state index contributed by atoms with van der Waals surface area (Å²) in [6.07, 6.45) is 8.95. The second-order valence-corrected chi connectivity index (χ2v) is 5.98. The molecule has 2 rings (SSSR count). The predicted octanol–water partition coefficient (Wildman–Crippen LogP) is 2.30. The molecule has 0 saturated heterocycles. The van der Waals surface area contributed by atoms with E-state index in [0.29, 0.717) is 6.42 Å². The van der Waals surface area contributed by atoms with Gasteiger partial charge < -0.3 is 10.6 Å². The molecular weight excluding hydrogens is 212 g/mol. The summed E-state index contributed by atoms with van der Waals surface area (Å²) in [6.45, 7) is 3.88. The number of amides is 1. The van der Waals surface area contributed by atoms with E-state index in [1.807, 2.05) is 4.90 Å². The molecule has 2 fully saturated rings.